The Hall–Kier alpha value is -0.0331. The van der Waals surface area contributed by atoms with Crippen LogP contribution in [0.25, 0.3) is 0 Å². The van der Waals surface area contributed by atoms with Crippen LogP contribution in [0.4, 0.5) is 0 Å². The van der Waals surface area contributed by atoms with E-state index in [1.165, 1.54) is 9.13 Å². The summed E-state index contributed by atoms with van der Waals surface area (Å²) in [6.45, 7) is 6.18. The third kappa shape index (κ3) is 3.61. The van der Waals surface area contributed by atoms with Crippen molar-refractivity contribution < 1.29 is 4.74 Å². The zero-order chi connectivity index (χ0) is 10.8. The zero-order valence-electron chi connectivity index (χ0n) is 8.73. The Morgan fingerprint density at radius 1 is 1.36 bits per heavy atom. The van der Waals surface area contributed by atoms with Gasteiger partial charge in [-0.2, -0.15) is 0 Å². The highest BCUT2D eigenvalue weighted by molar-refractivity contribution is 14.1. The van der Waals surface area contributed by atoms with Gasteiger partial charge in [-0.25, -0.2) is 0 Å². The summed E-state index contributed by atoms with van der Waals surface area (Å²) in [5.74, 6) is 0.972. The predicted molar refractivity (Wildman–Crippen MR) is 69.0 cm³/mol. The van der Waals surface area contributed by atoms with E-state index in [0.29, 0.717) is 0 Å². The topological polar surface area (TPSA) is 9.23 Å². The number of halogens is 1. The Bertz CT molecular complexity index is 318. The Morgan fingerprint density at radius 3 is 2.50 bits per heavy atom. The number of rotatable bonds is 2. The molecule has 0 heterocycles. The summed E-state index contributed by atoms with van der Waals surface area (Å²) in [5, 5.41) is 0. The number of hydrogen-bond donors (Lipinski definition) is 0. The molecule has 0 fully saturated rings. The van der Waals surface area contributed by atoms with E-state index in [2.05, 4.69) is 71.8 Å². The van der Waals surface area contributed by atoms with Crippen LogP contribution < -0.4 is 4.74 Å². The molecule has 1 nitrogen and oxygen atoms in total. The first kappa shape index (κ1) is 12.0. The van der Waals surface area contributed by atoms with Crippen LogP contribution >= 0.6 is 22.6 Å². The van der Waals surface area contributed by atoms with Crippen LogP contribution in [0.3, 0.4) is 0 Å². The molecule has 0 aliphatic rings. The zero-order valence-corrected chi connectivity index (χ0v) is 11.9. The first-order valence-corrected chi connectivity index (χ1v) is 6.33. The molecule has 0 amide bonds. The molecule has 1 aromatic carbocycles. The van der Waals surface area contributed by atoms with Crippen LogP contribution in [0.15, 0.2) is 18.2 Å². The van der Waals surface area contributed by atoms with E-state index in [0.717, 1.165) is 11.8 Å². The van der Waals surface area contributed by atoms with Gasteiger partial charge in [0.1, 0.15) is 11.4 Å². The predicted octanol–water partition coefficient (Wildman–Crippen LogP) is 3.14. The lowest BCUT2D eigenvalue weighted by molar-refractivity contribution is 0.129. The summed E-state index contributed by atoms with van der Waals surface area (Å²) in [5.41, 5.74) is 1.05. The molecule has 0 bridgehead atoms. The van der Waals surface area contributed by atoms with Crippen molar-refractivity contribution in [2.24, 2.45) is 0 Å². The van der Waals surface area contributed by atoms with Gasteiger partial charge in [0.15, 0.2) is 0 Å². The maximum absolute atomic E-state index is 5.87. The molecule has 75 valence electrons. The molecule has 3 radical (unpaired) electrons. The van der Waals surface area contributed by atoms with Crippen molar-refractivity contribution in [3.63, 3.8) is 0 Å². The van der Waals surface area contributed by atoms with E-state index in [1.807, 2.05) is 0 Å². The van der Waals surface area contributed by atoms with Gasteiger partial charge in [0.25, 0.3) is 0 Å². The highest BCUT2D eigenvalue weighted by Crippen LogP contribution is 2.25. The molecule has 0 atom stereocenters. The fourth-order valence-corrected chi connectivity index (χ4v) is 1.85. The molecule has 0 spiro atoms. The van der Waals surface area contributed by atoms with E-state index in [1.54, 1.807) is 0 Å². The van der Waals surface area contributed by atoms with Gasteiger partial charge in [-0.3, -0.25) is 0 Å². The van der Waals surface area contributed by atoms with Crippen LogP contribution in [0.2, 0.25) is 0 Å². The van der Waals surface area contributed by atoms with E-state index in [9.17, 15) is 0 Å². The van der Waals surface area contributed by atoms with Crippen LogP contribution in [0.5, 0.6) is 5.75 Å². The second-order valence-corrected chi connectivity index (χ2v) is 5.74. The smallest absolute Gasteiger partial charge is 0.124 e. The highest BCUT2D eigenvalue weighted by atomic mass is 127. The molecule has 14 heavy (non-hydrogen) atoms. The van der Waals surface area contributed by atoms with Crippen molar-refractivity contribution in [3.8, 4) is 5.75 Å². The van der Waals surface area contributed by atoms with Gasteiger partial charge in [0.2, 0.25) is 0 Å². The standard InChI is InChI=1S/C11H14IOSi/c1-11(2,3)13-10-6-9(12)5-4-8(10)7-14/h4-6H,7H2,1-3H3. The fourth-order valence-electron chi connectivity index (χ4n) is 1.10. The quantitative estimate of drug-likeness (QED) is 0.601. The van der Waals surface area contributed by atoms with Crippen molar-refractivity contribution in [1.29, 1.82) is 0 Å². The van der Waals surface area contributed by atoms with E-state index >= 15 is 0 Å². The van der Waals surface area contributed by atoms with Gasteiger partial charge in [0, 0.05) is 13.8 Å². The van der Waals surface area contributed by atoms with Crippen LogP contribution in [-0.4, -0.2) is 15.8 Å². The fraction of sp³-hybridized carbons (Fsp3) is 0.455. The van der Waals surface area contributed by atoms with Crippen molar-refractivity contribution in [3.05, 3.63) is 27.3 Å². The Morgan fingerprint density at radius 2 is 2.00 bits per heavy atom. The number of ether oxygens (including phenoxy) is 1. The summed E-state index contributed by atoms with van der Waals surface area (Å²) in [7, 11) is 3.51. The average Bonchev–Trinajstić information content (AvgIpc) is 2.01. The lowest BCUT2D eigenvalue weighted by Gasteiger charge is -2.23. The second kappa shape index (κ2) is 4.66. The lowest BCUT2D eigenvalue weighted by Crippen LogP contribution is -2.23. The molecule has 0 aliphatic carbocycles. The molecule has 0 saturated heterocycles. The maximum Gasteiger partial charge on any atom is 0.124 e. The SMILES string of the molecule is CC(C)(C)Oc1cc(I)ccc1C[Si]. The molecule has 1 aromatic rings. The van der Waals surface area contributed by atoms with Gasteiger partial charge < -0.3 is 4.74 Å². The third-order valence-corrected chi connectivity index (χ3v) is 2.69. The largest absolute Gasteiger partial charge is 0.488 e. The van der Waals surface area contributed by atoms with Crippen LogP contribution in [0, 0.1) is 3.57 Å². The summed E-state index contributed by atoms with van der Waals surface area (Å²) < 4.78 is 7.07. The first-order chi connectivity index (χ1) is 6.42. The summed E-state index contributed by atoms with van der Waals surface area (Å²) in [6, 6.07) is 7.07. The molecule has 0 aliphatic heterocycles. The minimum atomic E-state index is -0.138. The van der Waals surface area contributed by atoms with Gasteiger partial charge in [-0.15, -0.1) is 0 Å². The minimum absolute atomic E-state index is 0.138. The van der Waals surface area contributed by atoms with Crippen molar-refractivity contribution in [1.82, 2.24) is 0 Å². The molecular formula is C11H14IOSi. The molecule has 0 saturated carbocycles. The van der Waals surface area contributed by atoms with Crippen LogP contribution in [0.1, 0.15) is 26.3 Å². The van der Waals surface area contributed by atoms with Gasteiger partial charge in [-0.05, 0) is 67.1 Å². The molecule has 1 rings (SSSR count). The molecular weight excluding hydrogens is 303 g/mol. The maximum atomic E-state index is 5.87. The van der Waals surface area contributed by atoms with Crippen molar-refractivity contribution in [2.45, 2.75) is 32.4 Å². The highest BCUT2D eigenvalue weighted by Gasteiger charge is 2.14. The van der Waals surface area contributed by atoms with Crippen LogP contribution in [-0.2, 0) is 6.04 Å². The molecule has 0 unspecified atom stereocenters. The van der Waals surface area contributed by atoms with Crippen molar-refractivity contribution >= 4 is 32.8 Å². The van der Waals surface area contributed by atoms with Gasteiger partial charge >= 0.3 is 0 Å². The van der Waals surface area contributed by atoms with E-state index in [-0.39, 0.29) is 5.60 Å². The lowest BCUT2D eigenvalue weighted by atomic mass is 10.1. The number of benzene rings is 1. The van der Waals surface area contributed by atoms with Gasteiger partial charge in [-0.1, -0.05) is 6.07 Å². The van der Waals surface area contributed by atoms with E-state index in [4.69, 9.17) is 4.74 Å². The molecule has 0 N–H and O–H groups in total. The first-order valence-electron chi connectivity index (χ1n) is 4.54. The summed E-state index contributed by atoms with van der Waals surface area (Å²) in [6.07, 6.45) is 0. The Kier molecular flexibility index (Phi) is 4.01. The molecule has 0 aromatic heterocycles. The Balaban J connectivity index is 2.99. The average molecular weight is 317 g/mol. The van der Waals surface area contributed by atoms with Crippen molar-refractivity contribution in [2.75, 3.05) is 0 Å². The third-order valence-electron chi connectivity index (χ3n) is 1.64. The number of hydrogen-bond acceptors (Lipinski definition) is 1. The van der Waals surface area contributed by atoms with E-state index < -0.39 is 0 Å². The minimum Gasteiger partial charge on any atom is -0.488 e. The molecule has 3 heteroatoms. The summed E-state index contributed by atoms with van der Waals surface area (Å²) in [4.78, 5) is 0. The summed E-state index contributed by atoms with van der Waals surface area (Å²) >= 11 is 2.29. The Labute approximate surface area is 103 Å². The second-order valence-electron chi connectivity index (χ2n) is 4.14. The monoisotopic (exact) mass is 317 g/mol. The van der Waals surface area contributed by atoms with Gasteiger partial charge in [0.05, 0.1) is 0 Å². The normalized spacial score (nSPS) is 11.5.